The Morgan fingerprint density at radius 3 is 2.76 bits per heavy atom. The molecule has 0 atom stereocenters. The molecular formula is C11H12BrCl2NO2. The maximum absolute atomic E-state index is 11.7. The van der Waals surface area contributed by atoms with Crippen LogP contribution in [-0.2, 0) is 4.74 Å². The summed E-state index contributed by atoms with van der Waals surface area (Å²) in [5.41, 5.74) is 0.515. The van der Waals surface area contributed by atoms with Crippen LogP contribution >= 0.6 is 39.1 Å². The number of benzene rings is 1. The zero-order chi connectivity index (χ0) is 12.7. The second-order valence-electron chi connectivity index (χ2n) is 3.22. The lowest BCUT2D eigenvalue weighted by Crippen LogP contribution is -2.27. The van der Waals surface area contributed by atoms with E-state index < -0.39 is 0 Å². The van der Waals surface area contributed by atoms with Crippen LogP contribution in [0.4, 0.5) is 0 Å². The second-order valence-corrected chi connectivity index (χ2v) is 4.95. The quantitative estimate of drug-likeness (QED) is 0.638. The molecule has 1 aromatic carbocycles. The van der Waals surface area contributed by atoms with E-state index in [1.54, 1.807) is 18.2 Å². The fourth-order valence-corrected chi connectivity index (χ4v) is 2.15. The summed E-state index contributed by atoms with van der Waals surface area (Å²) in [4.78, 5) is 11.7. The topological polar surface area (TPSA) is 38.3 Å². The number of carbonyl (C=O) groups is 1. The third kappa shape index (κ3) is 5.73. The minimum atomic E-state index is -0.178. The van der Waals surface area contributed by atoms with E-state index in [2.05, 4.69) is 21.2 Å². The molecule has 0 aliphatic carbocycles. The summed E-state index contributed by atoms with van der Waals surface area (Å²) in [6, 6.07) is 5.05. The largest absolute Gasteiger partial charge is 0.378 e. The van der Waals surface area contributed by atoms with E-state index in [-0.39, 0.29) is 5.91 Å². The van der Waals surface area contributed by atoms with Crippen LogP contribution < -0.4 is 5.32 Å². The molecule has 1 N–H and O–H groups in total. The number of ether oxygens (including phenoxy) is 1. The van der Waals surface area contributed by atoms with E-state index in [1.807, 2.05) is 0 Å². The highest BCUT2D eigenvalue weighted by Crippen LogP contribution is 2.19. The van der Waals surface area contributed by atoms with Crippen molar-refractivity contribution in [3.05, 3.63) is 33.3 Å². The summed E-state index contributed by atoms with van der Waals surface area (Å²) in [5.74, 6) is 0.275. The van der Waals surface area contributed by atoms with Gasteiger partial charge in [-0.2, -0.15) is 0 Å². The highest BCUT2D eigenvalue weighted by Gasteiger charge is 2.06. The Hall–Kier alpha value is -0.290. The minimum absolute atomic E-state index is 0.178. The molecule has 1 aromatic rings. The average Bonchev–Trinajstić information content (AvgIpc) is 2.27. The molecule has 0 bridgehead atoms. The lowest BCUT2D eigenvalue weighted by atomic mass is 10.2. The number of alkyl halides is 1. The van der Waals surface area contributed by atoms with Crippen molar-refractivity contribution in [3.8, 4) is 0 Å². The Morgan fingerprint density at radius 1 is 1.35 bits per heavy atom. The molecule has 0 saturated carbocycles. The van der Waals surface area contributed by atoms with Crippen molar-refractivity contribution in [2.24, 2.45) is 0 Å². The molecule has 3 nitrogen and oxygen atoms in total. The summed E-state index contributed by atoms with van der Waals surface area (Å²) in [7, 11) is 0. The summed E-state index contributed by atoms with van der Waals surface area (Å²) in [6.45, 7) is 1.38. The smallest absolute Gasteiger partial charge is 0.251 e. The summed E-state index contributed by atoms with van der Waals surface area (Å²) < 4.78 is 5.91. The van der Waals surface area contributed by atoms with Gasteiger partial charge >= 0.3 is 0 Å². The van der Waals surface area contributed by atoms with Gasteiger partial charge in [0.2, 0.25) is 0 Å². The van der Waals surface area contributed by atoms with Gasteiger partial charge < -0.3 is 10.1 Å². The van der Waals surface area contributed by atoms with Gasteiger partial charge in [-0.15, -0.1) is 11.6 Å². The first-order valence-corrected chi connectivity index (χ1v) is 6.72. The molecule has 0 spiro atoms. The number of hydrogen-bond acceptors (Lipinski definition) is 2. The minimum Gasteiger partial charge on any atom is -0.378 e. The van der Waals surface area contributed by atoms with Crippen LogP contribution in [0.5, 0.6) is 0 Å². The van der Waals surface area contributed by atoms with Gasteiger partial charge in [0, 0.05) is 27.5 Å². The van der Waals surface area contributed by atoms with Gasteiger partial charge in [-0.1, -0.05) is 27.5 Å². The molecule has 0 radical (unpaired) electrons. The molecule has 6 heteroatoms. The Balaban J connectivity index is 2.41. The van der Waals surface area contributed by atoms with Gasteiger partial charge in [0.05, 0.1) is 13.2 Å². The average molecular weight is 341 g/mol. The molecule has 0 unspecified atom stereocenters. The molecule has 0 aliphatic rings. The van der Waals surface area contributed by atoms with Crippen LogP contribution in [0, 0.1) is 0 Å². The lowest BCUT2D eigenvalue weighted by Gasteiger charge is -2.06. The number of carbonyl (C=O) groups excluding carboxylic acids is 1. The maximum Gasteiger partial charge on any atom is 0.251 e. The van der Waals surface area contributed by atoms with Gasteiger partial charge in [-0.05, 0) is 18.2 Å². The maximum atomic E-state index is 11.7. The van der Waals surface area contributed by atoms with Crippen LogP contribution in [0.2, 0.25) is 5.02 Å². The van der Waals surface area contributed by atoms with E-state index in [4.69, 9.17) is 27.9 Å². The Bertz CT molecular complexity index is 367. The van der Waals surface area contributed by atoms with Crippen LogP contribution in [0.15, 0.2) is 22.7 Å². The van der Waals surface area contributed by atoms with Crippen molar-refractivity contribution >= 4 is 45.0 Å². The number of amides is 1. The SMILES string of the molecule is O=C(NCCOCCCl)c1cc(Cl)cc(Br)c1. The lowest BCUT2D eigenvalue weighted by molar-refractivity contribution is 0.0923. The fourth-order valence-electron chi connectivity index (χ4n) is 1.18. The van der Waals surface area contributed by atoms with E-state index >= 15 is 0 Å². The predicted octanol–water partition coefficient (Wildman–Crippen LogP) is 3.09. The summed E-state index contributed by atoms with van der Waals surface area (Å²) >= 11 is 14.6. The van der Waals surface area contributed by atoms with Crippen molar-refractivity contribution in [1.29, 1.82) is 0 Å². The van der Waals surface area contributed by atoms with Crippen LogP contribution in [0.3, 0.4) is 0 Å². The van der Waals surface area contributed by atoms with E-state index in [1.165, 1.54) is 0 Å². The molecule has 1 amide bonds. The van der Waals surface area contributed by atoms with Crippen molar-refractivity contribution in [2.75, 3.05) is 25.6 Å². The molecule has 0 heterocycles. The Morgan fingerprint density at radius 2 is 2.12 bits per heavy atom. The van der Waals surface area contributed by atoms with E-state index in [9.17, 15) is 4.79 Å². The molecule has 0 fully saturated rings. The highest BCUT2D eigenvalue weighted by molar-refractivity contribution is 9.10. The van der Waals surface area contributed by atoms with Crippen molar-refractivity contribution < 1.29 is 9.53 Å². The van der Waals surface area contributed by atoms with Crippen LogP contribution in [0.25, 0.3) is 0 Å². The number of hydrogen-bond donors (Lipinski definition) is 1. The van der Waals surface area contributed by atoms with Gasteiger partial charge in [-0.25, -0.2) is 0 Å². The zero-order valence-electron chi connectivity index (χ0n) is 9.01. The van der Waals surface area contributed by atoms with Gasteiger partial charge in [0.15, 0.2) is 0 Å². The van der Waals surface area contributed by atoms with Crippen molar-refractivity contribution in [2.45, 2.75) is 0 Å². The second kappa shape index (κ2) is 7.93. The van der Waals surface area contributed by atoms with Crippen LogP contribution in [-0.4, -0.2) is 31.5 Å². The third-order valence-corrected chi connectivity index (χ3v) is 2.71. The van der Waals surface area contributed by atoms with Crippen molar-refractivity contribution in [3.63, 3.8) is 0 Å². The summed E-state index contributed by atoms with van der Waals surface area (Å²) in [6.07, 6.45) is 0. The molecule has 17 heavy (non-hydrogen) atoms. The molecule has 94 valence electrons. The Labute approximate surface area is 119 Å². The number of rotatable bonds is 6. The molecule has 1 rings (SSSR count). The first kappa shape index (κ1) is 14.8. The van der Waals surface area contributed by atoms with Gasteiger partial charge in [0.1, 0.15) is 0 Å². The highest BCUT2D eigenvalue weighted by atomic mass is 79.9. The predicted molar refractivity (Wildman–Crippen MR) is 73.0 cm³/mol. The van der Waals surface area contributed by atoms with Crippen LogP contribution in [0.1, 0.15) is 10.4 Å². The Kier molecular flexibility index (Phi) is 6.89. The van der Waals surface area contributed by atoms with Gasteiger partial charge in [-0.3, -0.25) is 4.79 Å². The first-order valence-electron chi connectivity index (χ1n) is 5.01. The third-order valence-electron chi connectivity index (χ3n) is 1.88. The standard InChI is InChI=1S/C11H12BrCl2NO2/c12-9-5-8(6-10(14)7-9)11(16)15-2-4-17-3-1-13/h5-7H,1-4H2,(H,15,16). The fraction of sp³-hybridized carbons (Fsp3) is 0.364. The molecular weight excluding hydrogens is 329 g/mol. The van der Waals surface area contributed by atoms with E-state index in [0.717, 1.165) is 4.47 Å². The summed E-state index contributed by atoms with van der Waals surface area (Å²) in [5, 5.41) is 3.24. The molecule has 0 aromatic heterocycles. The number of halogens is 3. The zero-order valence-corrected chi connectivity index (χ0v) is 12.1. The molecule has 0 saturated heterocycles. The first-order chi connectivity index (χ1) is 8.13. The van der Waals surface area contributed by atoms with Gasteiger partial charge in [0.25, 0.3) is 5.91 Å². The normalized spacial score (nSPS) is 10.3. The van der Waals surface area contributed by atoms with Crippen molar-refractivity contribution in [1.82, 2.24) is 5.32 Å². The number of nitrogens with one attached hydrogen (secondary N) is 1. The monoisotopic (exact) mass is 339 g/mol. The van der Waals surface area contributed by atoms with E-state index in [0.29, 0.717) is 36.2 Å². The molecule has 0 aliphatic heterocycles.